The number of benzene rings is 4. The summed E-state index contributed by atoms with van der Waals surface area (Å²) in [4.78, 5) is 0. The average Bonchev–Trinajstić information content (AvgIpc) is 2.75. The minimum absolute atomic E-state index is 0.211. The molecule has 0 saturated heterocycles. The lowest BCUT2D eigenvalue weighted by Gasteiger charge is -2.11. The molecule has 31 heavy (non-hydrogen) atoms. The van der Waals surface area contributed by atoms with Crippen LogP contribution in [-0.4, -0.2) is 10.2 Å². The fourth-order valence-electron chi connectivity index (χ4n) is 3.04. The summed E-state index contributed by atoms with van der Waals surface area (Å²) in [5.41, 5.74) is 1.70. The number of hydrogen-bond acceptors (Lipinski definition) is 5. The third-order valence-electron chi connectivity index (χ3n) is 4.66. The minimum atomic E-state index is 0.211. The summed E-state index contributed by atoms with van der Waals surface area (Å²) in [7, 11) is 0. The number of ether oxygens (including phenoxy) is 3. The van der Waals surface area contributed by atoms with E-state index in [1.54, 1.807) is 36.4 Å². The summed E-state index contributed by atoms with van der Waals surface area (Å²) in [5, 5.41) is 19.0. The summed E-state index contributed by atoms with van der Waals surface area (Å²) in [6, 6.07) is 24.6. The van der Waals surface area contributed by atoms with Crippen LogP contribution in [0.15, 0.2) is 84.9 Å². The molecule has 0 aliphatic rings. The summed E-state index contributed by atoms with van der Waals surface area (Å²) in [5.74, 6) is 4.50. The predicted octanol–water partition coefficient (Wildman–Crippen LogP) is 7.09. The second-order valence-electron chi connectivity index (χ2n) is 7.15. The zero-order valence-corrected chi connectivity index (χ0v) is 17.2. The molecule has 0 heterocycles. The van der Waals surface area contributed by atoms with E-state index in [9.17, 15) is 10.2 Å². The second-order valence-corrected chi connectivity index (χ2v) is 7.15. The molecule has 0 aromatic heterocycles. The van der Waals surface area contributed by atoms with Crippen molar-refractivity contribution in [1.29, 1.82) is 0 Å². The van der Waals surface area contributed by atoms with Crippen molar-refractivity contribution in [2.45, 2.75) is 13.8 Å². The van der Waals surface area contributed by atoms with Crippen molar-refractivity contribution in [2.75, 3.05) is 0 Å². The van der Waals surface area contributed by atoms with Gasteiger partial charge in [-0.25, -0.2) is 0 Å². The summed E-state index contributed by atoms with van der Waals surface area (Å²) >= 11 is 0. The molecule has 0 fully saturated rings. The van der Waals surface area contributed by atoms with Gasteiger partial charge in [-0.3, -0.25) is 0 Å². The van der Waals surface area contributed by atoms with E-state index in [1.807, 2.05) is 62.4 Å². The van der Waals surface area contributed by atoms with Crippen molar-refractivity contribution in [3.63, 3.8) is 0 Å². The lowest BCUT2D eigenvalue weighted by molar-refractivity contribution is 0.455. The molecular formula is C26H22O5. The first-order valence-corrected chi connectivity index (χ1v) is 9.79. The largest absolute Gasteiger partial charge is 0.508 e. The molecule has 0 aliphatic heterocycles. The number of phenolic OH excluding ortho intramolecular Hbond substituents is 2. The van der Waals surface area contributed by atoms with Gasteiger partial charge in [-0.15, -0.1) is 0 Å². The topological polar surface area (TPSA) is 68.2 Å². The highest BCUT2D eigenvalue weighted by Crippen LogP contribution is 2.32. The Bertz CT molecular complexity index is 1090. The van der Waals surface area contributed by atoms with Crippen LogP contribution in [0.25, 0.3) is 0 Å². The average molecular weight is 414 g/mol. The SMILES string of the molecule is Cc1cc(O)ccc1Oc1ccc(Oc2ccc(Oc3ccc(O)cc3C)cc2)cc1. The summed E-state index contributed by atoms with van der Waals surface area (Å²) in [6.07, 6.45) is 0. The van der Waals surface area contributed by atoms with Crippen molar-refractivity contribution >= 4 is 0 Å². The normalized spacial score (nSPS) is 10.5. The summed E-state index contributed by atoms with van der Waals surface area (Å²) in [6.45, 7) is 3.76. The van der Waals surface area contributed by atoms with Crippen molar-refractivity contribution in [3.05, 3.63) is 96.1 Å². The Hall–Kier alpha value is -4.12. The first-order valence-electron chi connectivity index (χ1n) is 9.79. The van der Waals surface area contributed by atoms with Crippen LogP contribution in [0, 0.1) is 13.8 Å². The van der Waals surface area contributed by atoms with Gasteiger partial charge in [0.05, 0.1) is 0 Å². The molecule has 156 valence electrons. The van der Waals surface area contributed by atoms with Gasteiger partial charge in [0.25, 0.3) is 0 Å². The van der Waals surface area contributed by atoms with Crippen LogP contribution in [0.1, 0.15) is 11.1 Å². The van der Waals surface area contributed by atoms with Gasteiger partial charge in [0.1, 0.15) is 46.0 Å². The quantitative estimate of drug-likeness (QED) is 0.352. The van der Waals surface area contributed by atoms with Crippen molar-refractivity contribution in [3.8, 4) is 46.0 Å². The molecule has 0 aliphatic carbocycles. The molecule has 5 nitrogen and oxygen atoms in total. The van der Waals surface area contributed by atoms with E-state index in [4.69, 9.17) is 14.2 Å². The zero-order chi connectivity index (χ0) is 21.8. The van der Waals surface area contributed by atoms with E-state index >= 15 is 0 Å². The van der Waals surface area contributed by atoms with E-state index < -0.39 is 0 Å². The van der Waals surface area contributed by atoms with Gasteiger partial charge in [0.2, 0.25) is 0 Å². The molecule has 4 aromatic carbocycles. The second kappa shape index (κ2) is 8.71. The molecular weight excluding hydrogens is 392 g/mol. The monoisotopic (exact) mass is 414 g/mol. The van der Waals surface area contributed by atoms with Crippen molar-refractivity contribution in [1.82, 2.24) is 0 Å². The lowest BCUT2D eigenvalue weighted by atomic mass is 10.2. The molecule has 0 unspecified atom stereocenters. The Morgan fingerprint density at radius 3 is 1.10 bits per heavy atom. The summed E-state index contributed by atoms with van der Waals surface area (Å²) < 4.78 is 17.6. The van der Waals surface area contributed by atoms with Crippen LogP contribution >= 0.6 is 0 Å². The highest BCUT2D eigenvalue weighted by Gasteiger charge is 2.06. The molecule has 0 saturated carbocycles. The van der Waals surface area contributed by atoms with Gasteiger partial charge in [-0.05, 0) is 110 Å². The maximum atomic E-state index is 9.50. The molecule has 0 amide bonds. The number of phenols is 2. The number of rotatable bonds is 6. The van der Waals surface area contributed by atoms with E-state index in [-0.39, 0.29) is 11.5 Å². The van der Waals surface area contributed by atoms with E-state index in [0.29, 0.717) is 34.5 Å². The Morgan fingerprint density at radius 1 is 0.452 bits per heavy atom. The lowest BCUT2D eigenvalue weighted by Crippen LogP contribution is -1.89. The maximum absolute atomic E-state index is 9.50. The van der Waals surface area contributed by atoms with Crippen LogP contribution < -0.4 is 14.2 Å². The van der Waals surface area contributed by atoms with E-state index in [0.717, 1.165) is 11.1 Å². The highest BCUT2D eigenvalue weighted by atomic mass is 16.5. The Morgan fingerprint density at radius 2 is 0.774 bits per heavy atom. The number of aromatic hydroxyl groups is 2. The van der Waals surface area contributed by atoms with Crippen LogP contribution in [-0.2, 0) is 0 Å². The van der Waals surface area contributed by atoms with Crippen LogP contribution in [0.2, 0.25) is 0 Å². The first-order chi connectivity index (χ1) is 15.0. The van der Waals surface area contributed by atoms with Crippen molar-refractivity contribution in [2.24, 2.45) is 0 Å². The smallest absolute Gasteiger partial charge is 0.130 e. The molecule has 0 bridgehead atoms. The molecule has 0 radical (unpaired) electrons. The Kier molecular flexibility index (Phi) is 5.67. The van der Waals surface area contributed by atoms with Crippen molar-refractivity contribution < 1.29 is 24.4 Å². The zero-order valence-electron chi connectivity index (χ0n) is 17.2. The van der Waals surface area contributed by atoms with Gasteiger partial charge in [0.15, 0.2) is 0 Å². The van der Waals surface area contributed by atoms with Gasteiger partial charge in [-0.2, -0.15) is 0 Å². The van der Waals surface area contributed by atoms with E-state index in [1.165, 1.54) is 0 Å². The first kappa shape index (κ1) is 20.2. The predicted molar refractivity (Wildman–Crippen MR) is 119 cm³/mol. The van der Waals surface area contributed by atoms with Crippen LogP contribution in [0.5, 0.6) is 46.0 Å². The molecule has 0 atom stereocenters. The number of hydrogen-bond donors (Lipinski definition) is 2. The molecule has 4 rings (SSSR count). The number of aryl methyl sites for hydroxylation is 2. The molecule has 4 aromatic rings. The molecule has 0 spiro atoms. The third-order valence-corrected chi connectivity index (χ3v) is 4.66. The van der Waals surface area contributed by atoms with Gasteiger partial charge in [-0.1, -0.05) is 0 Å². The minimum Gasteiger partial charge on any atom is -0.508 e. The van der Waals surface area contributed by atoms with E-state index in [2.05, 4.69) is 0 Å². The fourth-order valence-corrected chi connectivity index (χ4v) is 3.04. The van der Waals surface area contributed by atoms with Gasteiger partial charge >= 0.3 is 0 Å². The standard InChI is InChI=1S/C26H22O5/c1-17-15-19(27)3-13-25(17)30-23-9-5-21(6-10-23)29-22-7-11-24(12-8-22)31-26-14-4-20(28)16-18(26)2/h3-16,27-28H,1-2H3. The highest BCUT2D eigenvalue weighted by molar-refractivity contribution is 5.44. The fraction of sp³-hybridized carbons (Fsp3) is 0.0769. The third kappa shape index (κ3) is 5.08. The molecule has 2 N–H and O–H groups in total. The van der Waals surface area contributed by atoms with Gasteiger partial charge in [0, 0.05) is 0 Å². The van der Waals surface area contributed by atoms with Crippen LogP contribution in [0.3, 0.4) is 0 Å². The van der Waals surface area contributed by atoms with Crippen LogP contribution in [0.4, 0.5) is 0 Å². The molecule has 5 heteroatoms. The Balaban J connectivity index is 1.39. The Labute approximate surface area is 180 Å². The van der Waals surface area contributed by atoms with Gasteiger partial charge < -0.3 is 24.4 Å². The maximum Gasteiger partial charge on any atom is 0.130 e.